The van der Waals surface area contributed by atoms with Crippen LogP contribution in [0.2, 0.25) is 0 Å². The summed E-state index contributed by atoms with van der Waals surface area (Å²) in [6.07, 6.45) is 0.445. The van der Waals surface area contributed by atoms with Crippen LogP contribution in [-0.4, -0.2) is 16.2 Å². The number of anilines is 1. The largest absolute Gasteiger partial charge is 0.306 e. The summed E-state index contributed by atoms with van der Waals surface area (Å²) >= 11 is 0. The number of carbonyl (C=O) groups is 1. The van der Waals surface area contributed by atoms with Gasteiger partial charge in [-0.1, -0.05) is 43.7 Å². The Labute approximate surface area is 112 Å². The second-order valence-corrected chi connectivity index (χ2v) is 4.97. The minimum absolute atomic E-state index is 0.0842. The Morgan fingerprint density at radius 1 is 1.26 bits per heavy atom. The zero-order valence-electron chi connectivity index (χ0n) is 11.3. The first-order chi connectivity index (χ1) is 9.06. The lowest BCUT2D eigenvalue weighted by Gasteiger charge is -2.05. The number of benzene rings is 1. The normalized spacial score (nSPS) is 10.7. The lowest BCUT2D eigenvalue weighted by Crippen LogP contribution is -2.14. The monoisotopic (exact) mass is 259 g/mol. The molecule has 1 heterocycles. The average molecular weight is 259 g/mol. The van der Waals surface area contributed by atoms with Crippen LogP contribution in [0.3, 0.4) is 0 Å². The predicted octanol–water partition coefficient (Wildman–Crippen LogP) is 3.03. The Balaban J connectivity index is 2.18. The Hall–Kier alpha value is -2.17. The van der Waals surface area contributed by atoms with Gasteiger partial charge in [0.05, 0.1) is 0 Å². The fraction of sp³-hybridized carbons (Fsp3) is 0.357. The van der Waals surface area contributed by atoms with Gasteiger partial charge in [0.1, 0.15) is 0 Å². The molecule has 0 spiro atoms. The van der Waals surface area contributed by atoms with Crippen LogP contribution in [0, 0.1) is 12.8 Å². The number of nitrogens with one attached hydrogen (secondary N) is 1. The molecule has 100 valence electrons. The van der Waals surface area contributed by atoms with Crippen LogP contribution >= 0.6 is 0 Å². The molecule has 0 aliphatic heterocycles. The summed E-state index contributed by atoms with van der Waals surface area (Å²) in [5.74, 6) is 0.580. The van der Waals surface area contributed by atoms with Gasteiger partial charge in [0.2, 0.25) is 11.7 Å². The highest BCUT2D eigenvalue weighted by molar-refractivity contribution is 5.93. The summed E-state index contributed by atoms with van der Waals surface area (Å²) in [7, 11) is 0. The van der Waals surface area contributed by atoms with Crippen LogP contribution in [0.4, 0.5) is 5.82 Å². The first kappa shape index (κ1) is 13.3. The van der Waals surface area contributed by atoms with Crippen molar-refractivity contribution >= 4 is 11.7 Å². The average Bonchev–Trinajstić information content (AvgIpc) is 2.77. The van der Waals surface area contributed by atoms with E-state index in [0.29, 0.717) is 23.9 Å². The molecule has 0 aliphatic carbocycles. The molecule has 2 rings (SSSR count). The first-order valence-electron chi connectivity index (χ1n) is 6.25. The number of aromatic nitrogens is 2. The highest BCUT2D eigenvalue weighted by Crippen LogP contribution is 2.24. The molecule has 1 aromatic heterocycles. The highest BCUT2D eigenvalue weighted by Gasteiger charge is 2.15. The van der Waals surface area contributed by atoms with Crippen molar-refractivity contribution in [3.63, 3.8) is 0 Å². The summed E-state index contributed by atoms with van der Waals surface area (Å²) in [5.41, 5.74) is 2.58. The predicted molar refractivity (Wildman–Crippen MR) is 72.6 cm³/mol. The van der Waals surface area contributed by atoms with Crippen LogP contribution in [0.5, 0.6) is 0 Å². The molecule has 0 saturated heterocycles. The van der Waals surface area contributed by atoms with Crippen LogP contribution < -0.4 is 5.32 Å². The number of amides is 1. The van der Waals surface area contributed by atoms with Crippen molar-refractivity contribution in [3.05, 3.63) is 29.8 Å². The molecule has 0 fully saturated rings. The van der Waals surface area contributed by atoms with Crippen molar-refractivity contribution in [2.75, 3.05) is 5.32 Å². The third kappa shape index (κ3) is 3.40. The van der Waals surface area contributed by atoms with Gasteiger partial charge in [0, 0.05) is 12.0 Å². The van der Waals surface area contributed by atoms with Crippen molar-refractivity contribution in [1.29, 1.82) is 0 Å². The minimum atomic E-state index is -0.0842. The van der Waals surface area contributed by atoms with E-state index in [1.807, 2.05) is 45.0 Å². The molecule has 0 bridgehead atoms. The van der Waals surface area contributed by atoms with Crippen molar-refractivity contribution < 1.29 is 9.42 Å². The van der Waals surface area contributed by atoms with Gasteiger partial charge in [0.15, 0.2) is 5.69 Å². The molecule has 0 radical (unpaired) electrons. The first-order valence-corrected chi connectivity index (χ1v) is 6.25. The lowest BCUT2D eigenvalue weighted by atomic mass is 10.1. The second-order valence-electron chi connectivity index (χ2n) is 4.97. The maximum Gasteiger partial charge on any atom is 0.225 e. The fourth-order valence-corrected chi connectivity index (χ4v) is 1.73. The van der Waals surface area contributed by atoms with Gasteiger partial charge in [-0.2, -0.15) is 0 Å². The van der Waals surface area contributed by atoms with Crippen molar-refractivity contribution in [2.45, 2.75) is 27.2 Å². The van der Waals surface area contributed by atoms with E-state index in [4.69, 9.17) is 4.63 Å². The molecule has 2 aromatic rings. The summed E-state index contributed by atoms with van der Waals surface area (Å²) < 4.78 is 4.72. The summed E-state index contributed by atoms with van der Waals surface area (Å²) in [6, 6.07) is 7.80. The second kappa shape index (κ2) is 5.65. The number of hydrogen-bond donors (Lipinski definition) is 1. The van der Waals surface area contributed by atoms with E-state index < -0.39 is 0 Å². The minimum Gasteiger partial charge on any atom is -0.306 e. The van der Waals surface area contributed by atoms with E-state index in [0.717, 1.165) is 11.1 Å². The van der Waals surface area contributed by atoms with E-state index in [1.54, 1.807) is 0 Å². The van der Waals surface area contributed by atoms with E-state index in [9.17, 15) is 4.79 Å². The molecule has 5 nitrogen and oxygen atoms in total. The molecule has 1 aromatic carbocycles. The zero-order chi connectivity index (χ0) is 13.8. The van der Waals surface area contributed by atoms with Gasteiger partial charge < -0.3 is 5.32 Å². The highest BCUT2D eigenvalue weighted by atomic mass is 16.6. The van der Waals surface area contributed by atoms with E-state index in [1.165, 1.54) is 0 Å². The molecule has 1 N–H and O–H groups in total. The number of aryl methyl sites for hydroxylation is 1. The van der Waals surface area contributed by atoms with Crippen molar-refractivity contribution in [2.24, 2.45) is 5.92 Å². The van der Waals surface area contributed by atoms with Gasteiger partial charge in [-0.15, -0.1) is 0 Å². The molecular formula is C14H17N3O2. The van der Waals surface area contributed by atoms with Crippen molar-refractivity contribution in [1.82, 2.24) is 10.3 Å². The molecule has 0 unspecified atom stereocenters. The quantitative estimate of drug-likeness (QED) is 0.916. The van der Waals surface area contributed by atoms with Crippen LogP contribution in [0.15, 0.2) is 28.9 Å². The summed E-state index contributed by atoms with van der Waals surface area (Å²) in [4.78, 5) is 11.7. The molecule has 5 heteroatoms. The van der Waals surface area contributed by atoms with Crippen molar-refractivity contribution in [3.8, 4) is 11.3 Å². The summed E-state index contributed by atoms with van der Waals surface area (Å²) in [5, 5.41) is 10.3. The Morgan fingerprint density at radius 3 is 2.58 bits per heavy atom. The van der Waals surface area contributed by atoms with E-state index in [-0.39, 0.29) is 5.91 Å². The fourth-order valence-electron chi connectivity index (χ4n) is 1.73. The molecule has 19 heavy (non-hydrogen) atoms. The topological polar surface area (TPSA) is 68.0 Å². The zero-order valence-corrected chi connectivity index (χ0v) is 11.3. The van der Waals surface area contributed by atoms with E-state index in [2.05, 4.69) is 15.6 Å². The molecular weight excluding hydrogens is 242 g/mol. The number of nitrogens with zero attached hydrogens (tertiary/aromatic N) is 2. The number of rotatable bonds is 4. The third-order valence-corrected chi connectivity index (χ3v) is 2.66. The maximum atomic E-state index is 11.7. The summed E-state index contributed by atoms with van der Waals surface area (Å²) in [6.45, 7) is 5.99. The Morgan fingerprint density at radius 2 is 1.95 bits per heavy atom. The third-order valence-electron chi connectivity index (χ3n) is 2.66. The SMILES string of the molecule is Cc1ccc(-c2nonc2NC(=O)CC(C)C)cc1. The van der Waals surface area contributed by atoms with Gasteiger partial charge in [-0.25, -0.2) is 4.63 Å². The maximum absolute atomic E-state index is 11.7. The lowest BCUT2D eigenvalue weighted by molar-refractivity contribution is -0.116. The molecule has 0 atom stereocenters. The van der Waals surface area contributed by atoms with Gasteiger partial charge in [-0.05, 0) is 23.2 Å². The van der Waals surface area contributed by atoms with Crippen LogP contribution in [0.25, 0.3) is 11.3 Å². The Bertz CT molecular complexity index is 558. The van der Waals surface area contributed by atoms with Gasteiger partial charge >= 0.3 is 0 Å². The van der Waals surface area contributed by atoms with E-state index >= 15 is 0 Å². The van der Waals surface area contributed by atoms with Gasteiger partial charge in [0.25, 0.3) is 0 Å². The Kier molecular flexibility index (Phi) is 3.94. The molecule has 0 saturated carbocycles. The number of carbonyl (C=O) groups excluding carboxylic acids is 1. The standard InChI is InChI=1S/C14H17N3O2/c1-9(2)8-12(18)15-14-13(16-19-17-14)11-6-4-10(3)5-7-11/h4-7,9H,8H2,1-3H3,(H,15,17,18). The molecule has 0 aliphatic rings. The number of hydrogen-bond acceptors (Lipinski definition) is 4. The smallest absolute Gasteiger partial charge is 0.225 e. The van der Waals surface area contributed by atoms with Crippen LogP contribution in [0.1, 0.15) is 25.8 Å². The van der Waals surface area contributed by atoms with Crippen LogP contribution in [-0.2, 0) is 4.79 Å². The molecule has 1 amide bonds. The van der Waals surface area contributed by atoms with Gasteiger partial charge in [-0.3, -0.25) is 4.79 Å².